The van der Waals surface area contributed by atoms with Gasteiger partial charge in [0, 0.05) is 41.2 Å². The molecule has 0 amide bonds. The van der Waals surface area contributed by atoms with E-state index in [4.69, 9.17) is 4.74 Å². The van der Waals surface area contributed by atoms with Crippen molar-refractivity contribution in [2.24, 2.45) is 0 Å². The number of hydrogen-bond donors (Lipinski definition) is 2. The third-order valence-corrected chi connectivity index (χ3v) is 5.73. The molecule has 30 heavy (non-hydrogen) atoms. The summed E-state index contributed by atoms with van der Waals surface area (Å²) in [4.78, 5) is 4.07. The van der Waals surface area contributed by atoms with Crippen LogP contribution in [0.2, 0.25) is 0 Å². The van der Waals surface area contributed by atoms with E-state index >= 15 is 0 Å². The average molecular weight is 402 g/mol. The van der Waals surface area contributed by atoms with E-state index in [1.54, 1.807) is 18.5 Å². The number of ether oxygens (including phenoxy) is 1. The van der Waals surface area contributed by atoms with Crippen LogP contribution in [-0.4, -0.2) is 15.6 Å². The zero-order valence-electron chi connectivity index (χ0n) is 17.2. The molecule has 3 heterocycles. The van der Waals surface area contributed by atoms with Gasteiger partial charge >= 0.3 is 0 Å². The Morgan fingerprint density at radius 1 is 1.07 bits per heavy atom. The monoisotopic (exact) mass is 402 g/mol. The first-order chi connectivity index (χ1) is 14.3. The van der Waals surface area contributed by atoms with Gasteiger partial charge in [0.1, 0.15) is 11.6 Å². The van der Waals surface area contributed by atoms with Crippen molar-refractivity contribution in [2.45, 2.75) is 38.5 Å². The fourth-order valence-corrected chi connectivity index (χ4v) is 4.68. The normalized spacial score (nSPS) is 20.8. The minimum Gasteiger partial charge on any atom is -0.457 e. The quantitative estimate of drug-likeness (QED) is 0.613. The maximum atomic E-state index is 14.1. The van der Waals surface area contributed by atoms with Gasteiger partial charge in [-0.15, -0.1) is 0 Å². The molecule has 0 radical (unpaired) electrons. The minimum atomic E-state index is -1.61. The molecule has 5 heteroatoms. The van der Waals surface area contributed by atoms with Crippen LogP contribution in [0.5, 0.6) is 5.75 Å². The summed E-state index contributed by atoms with van der Waals surface area (Å²) in [5, 5.41) is 15.4. The van der Waals surface area contributed by atoms with Gasteiger partial charge in [0.2, 0.25) is 5.79 Å². The van der Waals surface area contributed by atoms with Crippen LogP contribution in [0.25, 0.3) is 16.7 Å². The van der Waals surface area contributed by atoms with E-state index in [0.29, 0.717) is 16.9 Å². The molecule has 1 aromatic heterocycles. The maximum absolute atomic E-state index is 14.1. The Hall–Kier alpha value is -3.18. The molecule has 0 saturated heterocycles. The molecule has 1 atom stereocenters. The number of anilines is 1. The minimum absolute atomic E-state index is 0.214. The molecule has 0 saturated carbocycles. The first-order valence-corrected chi connectivity index (χ1v) is 10.0. The van der Waals surface area contributed by atoms with Crippen LogP contribution in [-0.2, 0) is 12.2 Å². The van der Waals surface area contributed by atoms with E-state index in [1.807, 2.05) is 31.2 Å². The van der Waals surface area contributed by atoms with Gasteiger partial charge in [-0.1, -0.05) is 12.1 Å². The molecule has 1 unspecified atom stereocenters. The highest BCUT2D eigenvalue weighted by molar-refractivity contribution is 5.90. The molecule has 0 aliphatic carbocycles. The number of aromatic nitrogens is 1. The Morgan fingerprint density at radius 2 is 1.83 bits per heavy atom. The summed E-state index contributed by atoms with van der Waals surface area (Å²) in [6.45, 7) is 6.24. The van der Waals surface area contributed by atoms with Crippen molar-refractivity contribution in [3.05, 3.63) is 83.4 Å². The van der Waals surface area contributed by atoms with Gasteiger partial charge in [-0.25, -0.2) is 4.39 Å². The smallest absolute Gasteiger partial charge is 0.240 e. The van der Waals surface area contributed by atoms with Crippen molar-refractivity contribution < 1.29 is 14.2 Å². The number of rotatable bonds is 2. The van der Waals surface area contributed by atoms with E-state index in [1.165, 1.54) is 12.1 Å². The molecule has 0 bridgehead atoms. The summed E-state index contributed by atoms with van der Waals surface area (Å²) < 4.78 is 20.3. The Bertz CT molecular complexity index is 1190. The average Bonchev–Trinajstić information content (AvgIpc) is 2.68. The van der Waals surface area contributed by atoms with Gasteiger partial charge in [0.15, 0.2) is 0 Å². The number of nitrogens with one attached hydrogen (secondary N) is 1. The predicted molar refractivity (Wildman–Crippen MR) is 116 cm³/mol. The van der Waals surface area contributed by atoms with Crippen LogP contribution in [0.1, 0.15) is 37.5 Å². The molecule has 4 nitrogen and oxygen atoms in total. The van der Waals surface area contributed by atoms with Crippen molar-refractivity contribution in [3.63, 3.8) is 0 Å². The van der Waals surface area contributed by atoms with Crippen LogP contribution in [0.15, 0.2) is 60.9 Å². The number of hydrogen-bond acceptors (Lipinski definition) is 4. The van der Waals surface area contributed by atoms with Gasteiger partial charge in [-0.05, 0) is 73.9 Å². The highest BCUT2D eigenvalue weighted by Gasteiger charge is 2.43. The number of pyridine rings is 1. The second-order valence-electron chi connectivity index (χ2n) is 8.64. The second-order valence-corrected chi connectivity index (χ2v) is 8.64. The largest absolute Gasteiger partial charge is 0.457 e. The van der Waals surface area contributed by atoms with Crippen molar-refractivity contribution in [1.82, 2.24) is 4.98 Å². The Morgan fingerprint density at radius 3 is 2.60 bits per heavy atom. The Balaban J connectivity index is 1.78. The fraction of sp³-hybridized carbons (Fsp3) is 0.240. The van der Waals surface area contributed by atoms with Crippen LogP contribution < -0.4 is 10.1 Å². The van der Waals surface area contributed by atoms with Gasteiger partial charge in [-0.2, -0.15) is 0 Å². The number of nitrogens with zero attached hydrogens (tertiary/aromatic N) is 1. The third-order valence-electron chi connectivity index (χ3n) is 5.73. The molecule has 0 fully saturated rings. The van der Waals surface area contributed by atoms with Crippen molar-refractivity contribution in [1.29, 1.82) is 0 Å². The van der Waals surface area contributed by atoms with Gasteiger partial charge in [0.25, 0.3) is 0 Å². The first-order valence-electron chi connectivity index (χ1n) is 10.0. The number of allylic oxidation sites excluding steroid dienone is 1. The maximum Gasteiger partial charge on any atom is 0.240 e. The number of fused-ring (bicyclic) bond motifs is 5. The fourth-order valence-electron chi connectivity index (χ4n) is 4.68. The lowest BCUT2D eigenvalue weighted by atomic mass is 9.79. The van der Waals surface area contributed by atoms with Crippen LogP contribution in [0.3, 0.4) is 0 Å². The Labute approximate surface area is 175 Å². The van der Waals surface area contributed by atoms with E-state index in [-0.39, 0.29) is 17.8 Å². The lowest BCUT2D eigenvalue weighted by molar-refractivity contribution is -0.146. The summed E-state index contributed by atoms with van der Waals surface area (Å²) in [6, 6.07) is 12.1. The lowest BCUT2D eigenvalue weighted by Gasteiger charge is -2.41. The number of halogens is 1. The summed E-state index contributed by atoms with van der Waals surface area (Å²) in [6.07, 6.45) is 5.78. The molecular weight excluding hydrogens is 379 g/mol. The number of benzene rings is 2. The summed E-state index contributed by atoms with van der Waals surface area (Å²) in [7, 11) is 0. The van der Waals surface area contributed by atoms with Crippen molar-refractivity contribution in [3.8, 4) is 16.9 Å². The molecular formula is C25H23FN2O2. The van der Waals surface area contributed by atoms with Gasteiger partial charge < -0.3 is 15.2 Å². The van der Waals surface area contributed by atoms with E-state index in [9.17, 15) is 9.50 Å². The first kappa shape index (κ1) is 18.8. The SMILES string of the molecule is CC1=CC(C)(C)Nc2ccc3c(c21)C(O)(Cc1ccncc1)Oc1ccc(F)cc1-3. The summed E-state index contributed by atoms with van der Waals surface area (Å²) in [5.41, 5.74) is 5.63. The van der Waals surface area contributed by atoms with Crippen LogP contribution in [0, 0.1) is 5.82 Å². The van der Waals surface area contributed by atoms with Gasteiger partial charge in [0.05, 0.1) is 5.54 Å². The Kier molecular flexibility index (Phi) is 4.02. The van der Waals surface area contributed by atoms with E-state index in [0.717, 1.165) is 28.0 Å². The van der Waals surface area contributed by atoms with Gasteiger partial charge in [-0.3, -0.25) is 4.98 Å². The molecule has 0 spiro atoms. The summed E-state index contributed by atoms with van der Waals surface area (Å²) >= 11 is 0. The molecule has 2 aromatic carbocycles. The predicted octanol–water partition coefficient (Wildman–Crippen LogP) is 5.28. The molecule has 152 valence electrons. The summed E-state index contributed by atoms with van der Waals surface area (Å²) in [5.74, 6) is -1.48. The highest BCUT2D eigenvalue weighted by atomic mass is 19.1. The molecule has 5 rings (SSSR count). The second kappa shape index (κ2) is 6.41. The molecule has 2 aliphatic rings. The lowest BCUT2D eigenvalue weighted by Crippen LogP contribution is -2.41. The van der Waals surface area contributed by atoms with Crippen LogP contribution in [0.4, 0.5) is 10.1 Å². The zero-order chi connectivity index (χ0) is 21.1. The van der Waals surface area contributed by atoms with E-state index < -0.39 is 5.79 Å². The van der Waals surface area contributed by atoms with Crippen molar-refractivity contribution in [2.75, 3.05) is 5.32 Å². The number of aliphatic hydroxyl groups is 1. The highest BCUT2D eigenvalue weighted by Crippen LogP contribution is 2.51. The van der Waals surface area contributed by atoms with Crippen molar-refractivity contribution >= 4 is 11.3 Å². The molecule has 2 N–H and O–H groups in total. The topological polar surface area (TPSA) is 54.4 Å². The molecule has 3 aromatic rings. The standard InChI is InChI=1S/C25H23FN2O2/c1-15-13-24(2,3)28-20-6-5-18-19-12-17(26)4-7-21(19)30-25(29,23(18)22(15)20)14-16-8-10-27-11-9-16/h4-13,28-29H,14H2,1-3H3. The van der Waals surface area contributed by atoms with Crippen LogP contribution >= 0.6 is 0 Å². The third kappa shape index (κ3) is 2.97. The van der Waals surface area contributed by atoms with E-state index in [2.05, 4.69) is 30.2 Å². The molecule has 2 aliphatic heterocycles. The zero-order valence-corrected chi connectivity index (χ0v) is 17.2.